The minimum atomic E-state index is -0.666. The Morgan fingerprint density at radius 2 is 1.55 bits per heavy atom. The molecule has 5 fully saturated rings. The Morgan fingerprint density at radius 3 is 2.18 bits per heavy atom. The molecule has 0 saturated heterocycles. The average Bonchev–Trinajstić information content (AvgIpc) is 3.05. The molecular formula is C30H50O3. The zero-order valence-electron chi connectivity index (χ0n) is 22.6. The van der Waals surface area contributed by atoms with E-state index in [-0.39, 0.29) is 39.1 Å². The van der Waals surface area contributed by atoms with Gasteiger partial charge in [-0.1, -0.05) is 41.5 Å². The van der Waals surface area contributed by atoms with Gasteiger partial charge < -0.3 is 10.2 Å². The van der Waals surface area contributed by atoms with Gasteiger partial charge in [0.15, 0.2) is 0 Å². The second kappa shape index (κ2) is 6.87. The summed E-state index contributed by atoms with van der Waals surface area (Å²) in [6.07, 6.45) is 9.21. The Labute approximate surface area is 202 Å². The van der Waals surface area contributed by atoms with Crippen LogP contribution < -0.4 is 0 Å². The van der Waals surface area contributed by atoms with Gasteiger partial charge in [-0.15, -0.1) is 0 Å². The molecule has 5 aliphatic rings. The quantitative estimate of drug-likeness (QED) is 0.478. The molecule has 0 amide bonds. The van der Waals surface area contributed by atoms with E-state index in [1.807, 2.05) is 13.8 Å². The number of carbonyl (C=O) groups is 1. The van der Waals surface area contributed by atoms with E-state index in [9.17, 15) is 15.0 Å². The minimum absolute atomic E-state index is 0.0177. The molecule has 0 aromatic carbocycles. The molecule has 0 bridgehead atoms. The number of Topliss-reactive ketones (excluding diaryl/α,β-unsaturated/α-hetero) is 1. The number of carbonyl (C=O) groups excluding carboxylic acids is 1. The van der Waals surface area contributed by atoms with Crippen LogP contribution >= 0.6 is 0 Å². The molecule has 10 atom stereocenters. The van der Waals surface area contributed by atoms with Crippen molar-refractivity contribution in [3.63, 3.8) is 0 Å². The molecule has 0 aromatic heterocycles. The first-order valence-electron chi connectivity index (χ1n) is 14.0. The highest BCUT2D eigenvalue weighted by Crippen LogP contribution is 2.77. The summed E-state index contributed by atoms with van der Waals surface area (Å²) >= 11 is 0. The molecule has 3 heteroatoms. The SMILES string of the molecule is CC(C)(O)[C@@H]1CC[C@]2(C)CC[C@]3(C)[C@H](C[C@@H](O)[C@@H]4[C@@]5(C)CCC(=O)C(C)(C)[C@@H]5CC[C@]43C)[C@@H]12. The molecule has 0 aromatic rings. The van der Waals surface area contributed by atoms with Gasteiger partial charge in [-0.05, 0) is 116 Å². The third kappa shape index (κ3) is 2.90. The zero-order chi connectivity index (χ0) is 24.4. The first-order chi connectivity index (χ1) is 15.0. The van der Waals surface area contributed by atoms with Crippen molar-refractivity contribution in [1.29, 1.82) is 0 Å². The van der Waals surface area contributed by atoms with Crippen molar-refractivity contribution in [2.75, 3.05) is 0 Å². The second-order valence-corrected chi connectivity index (χ2v) is 15.4. The van der Waals surface area contributed by atoms with Gasteiger partial charge in [0.05, 0.1) is 11.7 Å². The monoisotopic (exact) mass is 458 g/mol. The number of aliphatic hydroxyl groups excluding tert-OH is 1. The van der Waals surface area contributed by atoms with Crippen LogP contribution in [0.4, 0.5) is 0 Å². The molecule has 0 spiro atoms. The van der Waals surface area contributed by atoms with Gasteiger partial charge in [-0.2, -0.15) is 0 Å². The highest BCUT2D eigenvalue weighted by atomic mass is 16.3. The highest BCUT2D eigenvalue weighted by molar-refractivity contribution is 5.85. The van der Waals surface area contributed by atoms with Crippen LogP contribution in [0.1, 0.15) is 113 Å². The van der Waals surface area contributed by atoms with E-state index in [4.69, 9.17) is 0 Å². The summed E-state index contributed by atoms with van der Waals surface area (Å²) in [5, 5.41) is 23.2. The van der Waals surface area contributed by atoms with Gasteiger partial charge >= 0.3 is 0 Å². The molecule has 188 valence electrons. The second-order valence-electron chi connectivity index (χ2n) is 15.4. The van der Waals surface area contributed by atoms with E-state index >= 15 is 0 Å². The summed E-state index contributed by atoms with van der Waals surface area (Å²) in [6.45, 7) is 18.4. The van der Waals surface area contributed by atoms with Crippen molar-refractivity contribution in [3.05, 3.63) is 0 Å². The molecule has 5 rings (SSSR count). The van der Waals surface area contributed by atoms with E-state index < -0.39 is 5.60 Å². The lowest BCUT2D eigenvalue weighted by atomic mass is 9.32. The highest BCUT2D eigenvalue weighted by Gasteiger charge is 2.72. The Bertz CT molecular complexity index is 840. The maximum absolute atomic E-state index is 12.9. The standard InChI is InChI=1S/C30H50O3/c1-25(2)21-10-14-30(8)24(28(21,6)13-11-22(25)32)20(31)17-19-23-18(26(3,4)33)9-12-27(23,5)15-16-29(19,30)7/h18-21,23-24,31,33H,9-17H2,1-8H3/t18-,19-,20-,21+,23-,24-,27-,28+,29-,30-/m1/s1. The first-order valence-corrected chi connectivity index (χ1v) is 14.0. The predicted molar refractivity (Wildman–Crippen MR) is 133 cm³/mol. The van der Waals surface area contributed by atoms with Crippen LogP contribution in [-0.2, 0) is 4.79 Å². The molecule has 5 aliphatic carbocycles. The lowest BCUT2D eigenvalue weighted by Crippen LogP contribution is -2.69. The molecule has 0 heterocycles. The summed E-state index contributed by atoms with van der Waals surface area (Å²) in [7, 11) is 0. The topological polar surface area (TPSA) is 57.5 Å². The van der Waals surface area contributed by atoms with Crippen LogP contribution in [-0.4, -0.2) is 27.7 Å². The fraction of sp³-hybridized carbons (Fsp3) is 0.967. The Morgan fingerprint density at radius 1 is 0.879 bits per heavy atom. The lowest BCUT2D eigenvalue weighted by molar-refractivity contribution is -0.268. The third-order valence-electron chi connectivity index (χ3n) is 13.5. The van der Waals surface area contributed by atoms with Crippen LogP contribution in [0.2, 0.25) is 0 Å². The number of ketones is 1. The van der Waals surface area contributed by atoms with Crippen molar-refractivity contribution in [2.45, 2.75) is 125 Å². The molecule has 5 saturated carbocycles. The van der Waals surface area contributed by atoms with E-state index in [2.05, 4.69) is 41.5 Å². The van der Waals surface area contributed by atoms with Crippen LogP contribution in [0.15, 0.2) is 0 Å². The number of fused-ring (bicyclic) bond motifs is 7. The van der Waals surface area contributed by atoms with Gasteiger partial charge in [0, 0.05) is 11.8 Å². The average molecular weight is 459 g/mol. The Balaban J connectivity index is 1.59. The van der Waals surface area contributed by atoms with Gasteiger partial charge in [-0.25, -0.2) is 0 Å². The van der Waals surface area contributed by atoms with Crippen molar-refractivity contribution in [1.82, 2.24) is 0 Å². The van der Waals surface area contributed by atoms with E-state index in [1.54, 1.807) is 0 Å². The molecule has 0 unspecified atom stereocenters. The predicted octanol–water partition coefficient (Wildman–Crippen LogP) is 6.40. The van der Waals surface area contributed by atoms with Crippen LogP contribution in [0, 0.1) is 56.7 Å². The van der Waals surface area contributed by atoms with E-state index in [0.717, 1.165) is 32.1 Å². The van der Waals surface area contributed by atoms with Gasteiger partial charge in [0.25, 0.3) is 0 Å². The smallest absolute Gasteiger partial charge is 0.138 e. The van der Waals surface area contributed by atoms with Gasteiger partial charge in [-0.3, -0.25) is 4.79 Å². The summed E-state index contributed by atoms with van der Waals surface area (Å²) < 4.78 is 0. The van der Waals surface area contributed by atoms with Gasteiger partial charge in [0.2, 0.25) is 0 Å². The number of aliphatic hydroxyl groups is 2. The summed E-state index contributed by atoms with van der Waals surface area (Å²) in [6, 6.07) is 0. The molecule has 0 radical (unpaired) electrons. The molecule has 2 N–H and O–H groups in total. The maximum Gasteiger partial charge on any atom is 0.138 e. The lowest BCUT2D eigenvalue weighted by Gasteiger charge is -2.73. The normalized spacial score (nSPS) is 55.9. The third-order valence-corrected chi connectivity index (χ3v) is 13.5. The van der Waals surface area contributed by atoms with Crippen LogP contribution in [0.3, 0.4) is 0 Å². The van der Waals surface area contributed by atoms with E-state index in [1.165, 1.54) is 19.3 Å². The molecule has 33 heavy (non-hydrogen) atoms. The Kier molecular flexibility index (Phi) is 5.06. The van der Waals surface area contributed by atoms with Gasteiger partial charge in [0.1, 0.15) is 5.78 Å². The van der Waals surface area contributed by atoms with Crippen molar-refractivity contribution in [2.24, 2.45) is 56.7 Å². The summed E-state index contributed by atoms with van der Waals surface area (Å²) in [5.74, 6) is 2.31. The minimum Gasteiger partial charge on any atom is -0.393 e. The largest absolute Gasteiger partial charge is 0.393 e. The van der Waals surface area contributed by atoms with Crippen LogP contribution in [0.5, 0.6) is 0 Å². The number of rotatable bonds is 1. The van der Waals surface area contributed by atoms with Crippen molar-refractivity contribution in [3.8, 4) is 0 Å². The van der Waals surface area contributed by atoms with E-state index in [0.29, 0.717) is 35.9 Å². The maximum atomic E-state index is 12.9. The fourth-order valence-electron chi connectivity index (χ4n) is 11.6. The Hall–Kier alpha value is -0.410. The zero-order valence-corrected chi connectivity index (χ0v) is 22.6. The molecule has 3 nitrogen and oxygen atoms in total. The molecular weight excluding hydrogens is 408 g/mol. The number of hydrogen-bond acceptors (Lipinski definition) is 3. The molecule has 0 aliphatic heterocycles. The summed E-state index contributed by atoms with van der Waals surface area (Å²) in [4.78, 5) is 12.9. The van der Waals surface area contributed by atoms with Crippen LogP contribution in [0.25, 0.3) is 0 Å². The van der Waals surface area contributed by atoms with Crippen molar-refractivity contribution < 1.29 is 15.0 Å². The number of hydrogen-bond donors (Lipinski definition) is 2. The first kappa shape index (κ1) is 24.3. The fourth-order valence-corrected chi connectivity index (χ4v) is 11.6. The van der Waals surface area contributed by atoms with Crippen molar-refractivity contribution >= 4 is 5.78 Å². The summed E-state index contributed by atoms with van der Waals surface area (Å²) in [5.41, 5.74) is -0.392.